The second kappa shape index (κ2) is 11.0. The van der Waals surface area contributed by atoms with E-state index in [0.29, 0.717) is 5.92 Å². The van der Waals surface area contributed by atoms with Gasteiger partial charge in [-0.15, -0.1) is 0 Å². The molecule has 46 heavy (non-hydrogen) atoms. The Labute approximate surface area is 270 Å². The average molecular weight is 585 g/mol. The molecular formula is C46H32. The molecule has 0 fully saturated rings. The minimum atomic E-state index is 0.481. The van der Waals surface area contributed by atoms with Crippen LogP contribution >= 0.6 is 0 Å². The molecule has 2 aliphatic carbocycles. The lowest BCUT2D eigenvalue weighted by Crippen LogP contribution is -2.06. The predicted octanol–water partition coefficient (Wildman–Crippen LogP) is 12.6. The first-order chi connectivity index (χ1) is 22.8. The maximum atomic E-state index is 2.44. The molecule has 0 aromatic heterocycles. The second-order valence-corrected chi connectivity index (χ2v) is 12.5. The Morgan fingerprint density at radius 2 is 1.00 bits per heavy atom. The van der Waals surface area contributed by atoms with Crippen LogP contribution < -0.4 is 0 Å². The summed E-state index contributed by atoms with van der Waals surface area (Å²) in [7, 11) is 0. The molecule has 0 heteroatoms. The summed E-state index contributed by atoms with van der Waals surface area (Å²) in [6.07, 6.45) is 14.8. The molecule has 0 saturated heterocycles. The van der Waals surface area contributed by atoms with Crippen LogP contribution in [0.15, 0.2) is 182 Å². The molecule has 9 rings (SSSR count). The van der Waals surface area contributed by atoms with E-state index in [1.54, 1.807) is 0 Å². The van der Waals surface area contributed by atoms with Crippen LogP contribution in [0, 0.1) is 5.92 Å². The molecule has 1 atom stereocenters. The van der Waals surface area contributed by atoms with Gasteiger partial charge in [0.05, 0.1) is 0 Å². The van der Waals surface area contributed by atoms with Crippen molar-refractivity contribution >= 4 is 37.9 Å². The fourth-order valence-corrected chi connectivity index (χ4v) is 7.48. The van der Waals surface area contributed by atoms with Crippen LogP contribution in [-0.4, -0.2) is 0 Å². The summed E-state index contributed by atoms with van der Waals surface area (Å²) < 4.78 is 0. The minimum Gasteiger partial charge on any atom is -0.0767 e. The van der Waals surface area contributed by atoms with E-state index >= 15 is 0 Å². The number of allylic oxidation sites excluding steroid dienone is 8. The van der Waals surface area contributed by atoms with E-state index < -0.39 is 0 Å². The van der Waals surface area contributed by atoms with Crippen molar-refractivity contribution in [2.24, 2.45) is 5.92 Å². The van der Waals surface area contributed by atoms with Crippen LogP contribution in [0.5, 0.6) is 0 Å². The van der Waals surface area contributed by atoms with Crippen LogP contribution in [-0.2, 0) is 0 Å². The summed E-state index contributed by atoms with van der Waals surface area (Å²) in [5.41, 5.74) is 11.6. The molecule has 0 nitrogen and oxygen atoms in total. The minimum absolute atomic E-state index is 0.481. The monoisotopic (exact) mass is 584 g/mol. The van der Waals surface area contributed by atoms with Gasteiger partial charge in [-0.05, 0) is 107 Å². The number of benzene rings is 7. The molecule has 216 valence electrons. The Balaban J connectivity index is 1.18. The van der Waals surface area contributed by atoms with E-state index in [-0.39, 0.29) is 0 Å². The van der Waals surface area contributed by atoms with Crippen LogP contribution in [0.4, 0.5) is 0 Å². The highest BCUT2D eigenvalue weighted by Gasteiger charge is 2.21. The van der Waals surface area contributed by atoms with Gasteiger partial charge in [-0.3, -0.25) is 0 Å². The van der Waals surface area contributed by atoms with Gasteiger partial charge in [0.25, 0.3) is 0 Å². The van der Waals surface area contributed by atoms with Crippen molar-refractivity contribution in [1.82, 2.24) is 0 Å². The molecule has 0 heterocycles. The molecule has 0 bridgehead atoms. The van der Waals surface area contributed by atoms with Gasteiger partial charge >= 0.3 is 0 Å². The van der Waals surface area contributed by atoms with E-state index in [0.717, 1.165) is 6.42 Å². The Morgan fingerprint density at radius 1 is 0.435 bits per heavy atom. The third-order valence-electron chi connectivity index (χ3n) is 9.74. The Kier molecular flexibility index (Phi) is 6.39. The molecule has 0 aliphatic heterocycles. The predicted molar refractivity (Wildman–Crippen MR) is 198 cm³/mol. The molecular weight excluding hydrogens is 553 g/mol. The van der Waals surface area contributed by atoms with Gasteiger partial charge in [-0.25, -0.2) is 0 Å². The molecule has 0 saturated carbocycles. The third-order valence-corrected chi connectivity index (χ3v) is 9.74. The zero-order valence-corrected chi connectivity index (χ0v) is 25.5. The fourth-order valence-electron chi connectivity index (χ4n) is 7.48. The standard InChI is InChI=1S/C46H32/c1-2-11-31(12-3-1)35-22-23-38-28-36(24-25-37(38)27-35)34-15-10-16-39(30-34)45-41-17-6-8-19-43(41)46(44-20-9-7-18-42(44)45)40-26-21-32-13-4-5-14-33(32)29-40/h1-20,22-30,32H,21H2. The Hall–Kier alpha value is -5.72. The van der Waals surface area contributed by atoms with Gasteiger partial charge < -0.3 is 0 Å². The first kappa shape index (κ1) is 26.7. The van der Waals surface area contributed by atoms with Crippen molar-refractivity contribution in [1.29, 1.82) is 0 Å². The van der Waals surface area contributed by atoms with Crippen LogP contribution in [0.25, 0.3) is 71.3 Å². The second-order valence-electron chi connectivity index (χ2n) is 12.5. The van der Waals surface area contributed by atoms with Crippen LogP contribution in [0.1, 0.15) is 12.0 Å². The lowest BCUT2D eigenvalue weighted by atomic mass is 9.80. The van der Waals surface area contributed by atoms with E-state index in [4.69, 9.17) is 0 Å². The third kappa shape index (κ3) is 4.54. The highest BCUT2D eigenvalue weighted by Crippen LogP contribution is 2.44. The Morgan fingerprint density at radius 3 is 1.70 bits per heavy atom. The number of hydrogen-bond acceptors (Lipinski definition) is 0. The van der Waals surface area contributed by atoms with Crippen molar-refractivity contribution in [3.8, 4) is 33.4 Å². The highest BCUT2D eigenvalue weighted by molar-refractivity contribution is 6.19. The zero-order chi connectivity index (χ0) is 30.5. The topological polar surface area (TPSA) is 0 Å². The van der Waals surface area contributed by atoms with Crippen LogP contribution in [0.3, 0.4) is 0 Å². The average Bonchev–Trinajstić information content (AvgIpc) is 3.13. The summed E-state index contributed by atoms with van der Waals surface area (Å²) in [6.45, 7) is 0. The van der Waals surface area contributed by atoms with Crippen molar-refractivity contribution < 1.29 is 0 Å². The largest absolute Gasteiger partial charge is 0.0767 e. The van der Waals surface area contributed by atoms with Crippen molar-refractivity contribution in [3.63, 3.8) is 0 Å². The lowest BCUT2D eigenvalue weighted by molar-refractivity contribution is 0.783. The smallest absolute Gasteiger partial charge is 0.00561 e. The molecule has 0 N–H and O–H groups in total. The summed E-state index contributed by atoms with van der Waals surface area (Å²) >= 11 is 0. The maximum absolute atomic E-state index is 2.44. The van der Waals surface area contributed by atoms with Crippen molar-refractivity contribution in [3.05, 3.63) is 187 Å². The number of rotatable bonds is 4. The van der Waals surface area contributed by atoms with Crippen molar-refractivity contribution in [2.75, 3.05) is 0 Å². The summed E-state index contributed by atoms with van der Waals surface area (Å²) in [5.74, 6) is 0.481. The summed E-state index contributed by atoms with van der Waals surface area (Å²) in [4.78, 5) is 0. The Bertz CT molecular complexity index is 2370. The molecule has 7 aromatic rings. The quantitative estimate of drug-likeness (QED) is 0.181. The van der Waals surface area contributed by atoms with Gasteiger partial charge in [0, 0.05) is 5.92 Å². The summed E-state index contributed by atoms with van der Waals surface area (Å²) in [5, 5.41) is 7.70. The van der Waals surface area contributed by atoms with Gasteiger partial charge in [0.1, 0.15) is 0 Å². The first-order valence-electron chi connectivity index (χ1n) is 16.2. The number of hydrogen-bond donors (Lipinski definition) is 0. The van der Waals surface area contributed by atoms with E-state index in [1.165, 1.54) is 82.4 Å². The fraction of sp³-hybridized carbons (Fsp3) is 0.0435. The zero-order valence-electron chi connectivity index (χ0n) is 25.5. The van der Waals surface area contributed by atoms with Gasteiger partial charge in [-0.1, -0.05) is 158 Å². The lowest BCUT2D eigenvalue weighted by Gasteiger charge is -2.24. The van der Waals surface area contributed by atoms with Gasteiger partial charge in [0.15, 0.2) is 0 Å². The molecule has 2 aliphatic rings. The number of fused-ring (bicyclic) bond motifs is 4. The normalized spacial score (nSPS) is 15.6. The maximum Gasteiger partial charge on any atom is 0.00561 e. The molecule has 0 radical (unpaired) electrons. The highest BCUT2D eigenvalue weighted by atomic mass is 14.2. The van der Waals surface area contributed by atoms with E-state index in [9.17, 15) is 0 Å². The first-order valence-corrected chi connectivity index (χ1v) is 16.2. The summed E-state index contributed by atoms with van der Waals surface area (Å²) in [6, 6.07) is 51.3. The SMILES string of the molecule is C1=CC2=CC(c3c4ccccc4c(-c4cccc(-c5ccc6cc(-c7ccccc7)ccc6c5)c4)c4ccccc34)=CCC2C=C1. The van der Waals surface area contributed by atoms with Crippen molar-refractivity contribution in [2.45, 2.75) is 6.42 Å². The van der Waals surface area contributed by atoms with Gasteiger partial charge in [-0.2, -0.15) is 0 Å². The molecule has 1 unspecified atom stereocenters. The van der Waals surface area contributed by atoms with E-state index in [2.05, 4.69) is 176 Å². The molecule has 0 amide bonds. The van der Waals surface area contributed by atoms with Gasteiger partial charge in [0.2, 0.25) is 0 Å². The molecule has 7 aromatic carbocycles. The van der Waals surface area contributed by atoms with E-state index in [1.807, 2.05) is 0 Å². The molecule has 0 spiro atoms. The van der Waals surface area contributed by atoms with Crippen LogP contribution in [0.2, 0.25) is 0 Å².